The Bertz CT molecular complexity index is 1200. The largest absolute Gasteiger partial charge is 0.501 e. The summed E-state index contributed by atoms with van der Waals surface area (Å²) in [4.78, 5) is 43.3. The molecule has 2 heterocycles. The van der Waals surface area contributed by atoms with Gasteiger partial charge in [-0.2, -0.15) is 0 Å². The van der Waals surface area contributed by atoms with E-state index in [9.17, 15) is 27.9 Å². The highest BCUT2D eigenvalue weighted by Gasteiger charge is 2.33. The number of aromatic hydroxyl groups is 1. The SMILES string of the molecule is Cc1ccc(CNC(=O)c2nc3n(c(=O)c2O)CCCC3N(C)C(=O)CS(C)(=O)=O)cc1. The lowest BCUT2D eigenvalue weighted by molar-refractivity contribution is -0.129. The van der Waals surface area contributed by atoms with Gasteiger partial charge in [-0.1, -0.05) is 29.8 Å². The van der Waals surface area contributed by atoms with Crippen LogP contribution < -0.4 is 10.9 Å². The maximum atomic E-state index is 12.7. The molecule has 172 valence electrons. The van der Waals surface area contributed by atoms with Crippen LogP contribution >= 0.6 is 0 Å². The van der Waals surface area contributed by atoms with E-state index in [1.165, 1.54) is 16.5 Å². The highest BCUT2D eigenvalue weighted by atomic mass is 32.2. The molecule has 2 aromatic rings. The van der Waals surface area contributed by atoms with Crippen LogP contribution in [-0.4, -0.2) is 58.8 Å². The van der Waals surface area contributed by atoms with Gasteiger partial charge in [-0.3, -0.25) is 19.0 Å². The number of carbonyl (C=O) groups is 2. The van der Waals surface area contributed by atoms with E-state index in [1.54, 1.807) is 0 Å². The third-order valence-corrected chi connectivity index (χ3v) is 6.14. The molecule has 2 amide bonds. The number of amides is 2. The summed E-state index contributed by atoms with van der Waals surface area (Å²) in [5.74, 6) is -2.66. The topological polar surface area (TPSA) is 139 Å². The zero-order valence-corrected chi connectivity index (χ0v) is 19.0. The standard InChI is InChI=1S/C21H26N4O6S/c1-13-6-8-14(9-7-13)11-22-20(28)17-18(27)21(29)25-10-4-5-15(19(25)23-17)24(2)16(26)12-32(3,30)31/h6-9,15,27H,4-5,10-12H2,1-3H3,(H,22,28). The van der Waals surface area contributed by atoms with Crippen LogP contribution in [0.2, 0.25) is 0 Å². The molecule has 0 radical (unpaired) electrons. The van der Waals surface area contributed by atoms with Gasteiger partial charge in [0.25, 0.3) is 11.5 Å². The van der Waals surface area contributed by atoms with Crippen LogP contribution in [-0.2, 0) is 27.7 Å². The zero-order valence-electron chi connectivity index (χ0n) is 18.2. The third kappa shape index (κ3) is 5.16. The molecule has 1 atom stereocenters. The van der Waals surface area contributed by atoms with Gasteiger partial charge in [-0.05, 0) is 25.3 Å². The molecule has 1 aliphatic heterocycles. The molecule has 0 saturated heterocycles. The van der Waals surface area contributed by atoms with Crippen LogP contribution in [0.1, 0.15) is 46.3 Å². The third-order valence-electron chi connectivity index (χ3n) is 5.37. The number of nitrogens with zero attached hydrogens (tertiary/aromatic N) is 3. The predicted octanol–water partition coefficient (Wildman–Crippen LogP) is 0.525. The van der Waals surface area contributed by atoms with Gasteiger partial charge < -0.3 is 15.3 Å². The van der Waals surface area contributed by atoms with Crippen molar-refractivity contribution < 1.29 is 23.1 Å². The highest BCUT2D eigenvalue weighted by molar-refractivity contribution is 7.91. The van der Waals surface area contributed by atoms with Crippen LogP contribution in [0, 0.1) is 6.92 Å². The van der Waals surface area contributed by atoms with E-state index in [0.717, 1.165) is 17.4 Å². The summed E-state index contributed by atoms with van der Waals surface area (Å²) < 4.78 is 24.3. The number of benzene rings is 1. The maximum absolute atomic E-state index is 12.7. The Hall–Kier alpha value is -3.21. The first-order valence-corrected chi connectivity index (χ1v) is 12.1. The van der Waals surface area contributed by atoms with E-state index in [2.05, 4.69) is 10.3 Å². The lowest BCUT2D eigenvalue weighted by Gasteiger charge is -2.33. The van der Waals surface area contributed by atoms with Gasteiger partial charge in [-0.15, -0.1) is 0 Å². The number of sulfone groups is 1. The quantitative estimate of drug-likeness (QED) is 0.638. The number of hydrogen-bond acceptors (Lipinski definition) is 7. The van der Waals surface area contributed by atoms with E-state index in [-0.39, 0.29) is 18.9 Å². The molecule has 10 nitrogen and oxygen atoms in total. The van der Waals surface area contributed by atoms with Crippen LogP contribution in [0.15, 0.2) is 29.1 Å². The molecule has 2 N–H and O–H groups in total. The number of carbonyl (C=O) groups excluding carboxylic acids is 2. The molecular formula is C21H26N4O6S. The molecule has 32 heavy (non-hydrogen) atoms. The fourth-order valence-electron chi connectivity index (χ4n) is 3.60. The van der Waals surface area contributed by atoms with Crippen molar-refractivity contribution in [1.29, 1.82) is 0 Å². The number of aryl methyl sites for hydroxylation is 1. The second-order valence-corrected chi connectivity index (χ2v) is 10.2. The summed E-state index contributed by atoms with van der Waals surface area (Å²) in [5.41, 5.74) is 0.707. The minimum Gasteiger partial charge on any atom is -0.501 e. The number of aromatic nitrogens is 2. The summed E-state index contributed by atoms with van der Waals surface area (Å²) in [6, 6.07) is 6.80. The fourth-order valence-corrected chi connectivity index (χ4v) is 4.25. The van der Waals surface area contributed by atoms with Gasteiger partial charge in [0.05, 0.1) is 6.04 Å². The van der Waals surface area contributed by atoms with Crippen molar-refractivity contribution in [2.45, 2.75) is 38.9 Å². The number of hydrogen-bond donors (Lipinski definition) is 2. The van der Waals surface area contributed by atoms with Gasteiger partial charge in [0, 0.05) is 26.4 Å². The maximum Gasteiger partial charge on any atom is 0.296 e. The summed E-state index contributed by atoms with van der Waals surface area (Å²) in [5, 5.41) is 13.0. The van der Waals surface area contributed by atoms with Crippen molar-refractivity contribution in [3.8, 4) is 5.75 Å². The normalized spacial score (nSPS) is 15.7. The minimum absolute atomic E-state index is 0.142. The average Bonchev–Trinajstić information content (AvgIpc) is 2.73. The molecule has 1 unspecified atom stereocenters. The molecule has 0 fully saturated rings. The molecule has 0 spiro atoms. The van der Waals surface area contributed by atoms with Crippen molar-refractivity contribution in [3.63, 3.8) is 0 Å². The van der Waals surface area contributed by atoms with Gasteiger partial charge in [0.1, 0.15) is 11.6 Å². The molecule has 3 rings (SSSR count). The van der Waals surface area contributed by atoms with Crippen molar-refractivity contribution >= 4 is 21.7 Å². The van der Waals surface area contributed by atoms with Crippen molar-refractivity contribution in [1.82, 2.24) is 19.8 Å². The van der Waals surface area contributed by atoms with Crippen LogP contribution in [0.4, 0.5) is 0 Å². The lowest BCUT2D eigenvalue weighted by Crippen LogP contribution is -2.42. The molecule has 11 heteroatoms. The van der Waals surface area contributed by atoms with Crippen LogP contribution in [0.3, 0.4) is 0 Å². The molecule has 0 bridgehead atoms. The Morgan fingerprint density at radius 1 is 1.28 bits per heavy atom. The van der Waals surface area contributed by atoms with E-state index >= 15 is 0 Å². The van der Waals surface area contributed by atoms with Crippen LogP contribution in [0.5, 0.6) is 5.75 Å². The number of rotatable bonds is 6. The first-order valence-electron chi connectivity index (χ1n) is 10.1. The van der Waals surface area contributed by atoms with Gasteiger partial charge >= 0.3 is 0 Å². The predicted molar refractivity (Wildman–Crippen MR) is 117 cm³/mol. The molecule has 0 aliphatic carbocycles. The molecule has 1 aromatic carbocycles. The molecule has 0 saturated carbocycles. The Labute approximate surface area is 185 Å². The summed E-state index contributed by atoms with van der Waals surface area (Å²) >= 11 is 0. The molecular weight excluding hydrogens is 436 g/mol. The molecule has 1 aliphatic rings. The number of fused-ring (bicyclic) bond motifs is 1. The van der Waals surface area contributed by atoms with Gasteiger partial charge in [0.2, 0.25) is 11.7 Å². The molecule has 1 aromatic heterocycles. The van der Waals surface area contributed by atoms with E-state index in [0.29, 0.717) is 12.8 Å². The fraction of sp³-hybridized carbons (Fsp3) is 0.429. The van der Waals surface area contributed by atoms with E-state index in [1.807, 2.05) is 31.2 Å². The Morgan fingerprint density at radius 2 is 1.94 bits per heavy atom. The second-order valence-electron chi connectivity index (χ2n) is 8.03. The first kappa shape index (κ1) is 23.5. The van der Waals surface area contributed by atoms with Crippen molar-refractivity contribution in [2.24, 2.45) is 0 Å². The summed E-state index contributed by atoms with van der Waals surface area (Å²) in [6.45, 7) is 2.39. The Balaban J connectivity index is 1.90. The summed E-state index contributed by atoms with van der Waals surface area (Å²) in [7, 11) is -2.11. The minimum atomic E-state index is -3.54. The lowest BCUT2D eigenvalue weighted by atomic mass is 10.0. The van der Waals surface area contributed by atoms with Gasteiger partial charge in [-0.25, -0.2) is 13.4 Å². The smallest absolute Gasteiger partial charge is 0.296 e. The van der Waals surface area contributed by atoms with Crippen molar-refractivity contribution in [2.75, 3.05) is 19.1 Å². The zero-order chi connectivity index (χ0) is 23.6. The average molecular weight is 463 g/mol. The van der Waals surface area contributed by atoms with E-state index in [4.69, 9.17) is 0 Å². The van der Waals surface area contributed by atoms with Crippen molar-refractivity contribution in [3.05, 3.63) is 57.3 Å². The second kappa shape index (κ2) is 9.11. The summed E-state index contributed by atoms with van der Waals surface area (Å²) in [6.07, 6.45) is 1.92. The Morgan fingerprint density at radius 3 is 2.56 bits per heavy atom. The van der Waals surface area contributed by atoms with E-state index < -0.39 is 50.4 Å². The monoisotopic (exact) mass is 462 g/mol. The highest BCUT2D eigenvalue weighted by Crippen LogP contribution is 2.29. The van der Waals surface area contributed by atoms with Crippen LogP contribution in [0.25, 0.3) is 0 Å². The first-order chi connectivity index (χ1) is 15.0. The Kier molecular flexibility index (Phi) is 6.68. The van der Waals surface area contributed by atoms with Gasteiger partial charge in [0.15, 0.2) is 15.5 Å². The number of nitrogens with one attached hydrogen (secondary N) is 1.